The van der Waals surface area contributed by atoms with E-state index in [1.165, 1.54) is 31.2 Å². The van der Waals surface area contributed by atoms with Gasteiger partial charge in [-0.2, -0.15) is 0 Å². The Kier molecular flexibility index (Phi) is 8.33. The summed E-state index contributed by atoms with van der Waals surface area (Å²) in [6.07, 6.45) is 4.82. The van der Waals surface area contributed by atoms with Crippen LogP contribution in [-0.2, 0) is 0 Å². The predicted molar refractivity (Wildman–Crippen MR) is 99.8 cm³/mol. The first kappa shape index (κ1) is 19.0. The highest BCUT2D eigenvalue weighted by atomic mass is 79.9. The van der Waals surface area contributed by atoms with E-state index in [0.29, 0.717) is 5.92 Å². The molecule has 0 amide bonds. The number of hydrogen-bond acceptors (Lipinski definition) is 1. The highest BCUT2D eigenvalue weighted by Crippen LogP contribution is 2.35. The van der Waals surface area contributed by atoms with Crippen molar-refractivity contribution in [3.63, 3.8) is 0 Å². The highest BCUT2D eigenvalue weighted by molar-refractivity contribution is 9.10. The van der Waals surface area contributed by atoms with E-state index in [2.05, 4.69) is 77.8 Å². The van der Waals surface area contributed by atoms with Gasteiger partial charge in [-0.15, -0.1) is 0 Å². The number of rotatable bonds is 9. The Morgan fingerprint density at radius 2 is 1.76 bits per heavy atom. The lowest BCUT2D eigenvalue weighted by Gasteiger charge is -2.32. The van der Waals surface area contributed by atoms with Gasteiger partial charge >= 0.3 is 0 Å². The first-order valence-electron chi connectivity index (χ1n) is 7.96. The Morgan fingerprint density at radius 3 is 2.24 bits per heavy atom. The number of halogens is 2. The minimum Gasteiger partial charge on any atom is -0.493 e. The molecule has 0 N–H and O–H groups in total. The molecule has 0 bridgehead atoms. The van der Waals surface area contributed by atoms with Crippen molar-refractivity contribution in [2.45, 2.75) is 59.3 Å². The molecule has 0 aliphatic rings. The molecule has 3 heteroatoms. The maximum absolute atomic E-state index is 6.26. The first-order valence-corrected chi connectivity index (χ1v) is 9.87. The largest absolute Gasteiger partial charge is 0.493 e. The van der Waals surface area contributed by atoms with Crippen molar-refractivity contribution in [3.8, 4) is 5.75 Å². The van der Waals surface area contributed by atoms with Crippen molar-refractivity contribution < 1.29 is 4.74 Å². The zero-order chi connectivity index (χ0) is 15.9. The van der Waals surface area contributed by atoms with Crippen LogP contribution in [-0.4, -0.2) is 11.9 Å². The predicted octanol–water partition coefficient (Wildman–Crippen LogP) is 6.93. The van der Waals surface area contributed by atoms with Crippen LogP contribution in [0.1, 0.15) is 64.9 Å². The van der Waals surface area contributed by atoms with Gasteiger partial charge < -0.3 is 4.74 Å². The monoisotopic (exact) mass is 418 g/mol. The fourth-order valence-electron chi connectivity index (χ4n) is 2.83. The highest BCUT2D eigenvalue weighted by Gasteiger charge is 2.28. The second-order valence-corrected chi connectivity index (χ2v) is 7.74. The smallest absolute Gasteiger partial charge is 0.122 e. The summed E-state index contributed by atoms with van der Waals surface area (Å²) in [5, 5.41) is 1.01. The SMILES string of the molecule is CCCC(CBr)(CCC)COc1ccc(Br)cc1C(C)C. The number of ether oxygens (including phenoxy) is 1. The Balaban J connectivity index is 2.89. The molecular weight excluding hydrogens is 392 g/mol. The number of hydrogen-bond donors (Lipinski definition) is 0. The van der Waals surface area contributed by atoms with Crippen molar-refractivity contribution in [3.05, 3.63) is 28.2 Å². The molecule has 0 unspecified atom stereocenters. The van der Waals surface area contributed by atoms with Gasteiger partial charge in [-0.1, -0.05) is 72.4 Å². The molecule has 120 valence electrons. The molecule has 0 aliphatic heterocycles. The lowest BCUT2D eigenvalue weighted by atomic mass is 9.82. The molecule has 0 fully saturated rings. The molecule has 0 spiro atoms. The van der Waals surface area contributed by atoms with Crippen molar-refractivity contribution in [2.24, 2.45) is 5.41 Å². The molecule has 1 rings (SSSR count). The summed E-state index contributed by atoms with van der Waals surface area (Å²) in [5.74, 6) is 1.50. The fourth-order valence-corrected chi connectivity index (χ4v) is 3.94. The molecule has 1 aromatic carbocycles. The summed E-state index contributed by atoms with van der Waals surface area (Å²) < 4.78 is 7.38. The summed E-state index contributed by atoms with van der Waals surface area (Å²) in [6.45, 7) is 9.73. The van der Waals surface area contributed by atoms with Crippen LogP contribution in [0, 0.1) is 5.41 Å². The Labute approximate surface area is 147 Å². The topological polar surface area (TPSA) is 9.23 Å². The third kappa shape index (κ3) is 5.59. The summed E-state index contributed by atoms with van der Waals surface area (Å²) in [4.78, 5) is 0. The van der Waals surface area contributed by atoms with Gasteiger partial charge in [0.15, 0.2) is 0 Å². The van der Waals surface area contributed by atoms with Crippen molar-refractivity contribution in [1.82, 2.24) is 0 Å². The second-order valence-electron chi connectivity index (χ2n) is 6.26. The van der Waals surface area contributed by atoms with Crippen molar-refractivity contribution in [2.75, 3.05) is 11.9 Å². The molecule has 0 atom stereocenters. The summed E-state index contributed by atoms with van der Waals surface area (Å²) in [7, 11) is 0. The molecule has 0 aromatic heterocycles. The molecule has 0 heterocycles. The second kappa shape index (κ2) is 9.19. The number of benzene rings is 1. The van der Waals surface area contributed by atoms with Gasteiger partial charge in [-0.3, -0.25) is 0 Å². The molecular formula is C18H28Br2O. The quantitative estimate of drug-likeness (QED) is 0.394. The van der Waals surface area contributed by atoms with Gasteiger partial charge in [-0.05, 0) is 42.5 Å². The van der Waals surface area contributed by atoms with Crippen LogP contribution in [0.25, 0.3) is 0 Å². The molecule has 0 saturated carbocycles. The summed E-state index contributed by atoms with van der Waals surface area (Å²) in [6, 6.07) is 6.34. The van der Waals surface area contributed by atoms with E-state index in [1.807, 2.05) is 0 Å². The minimum absolute atomic E-state index is 0.255. The lowest BCUT2D eigenvalue weighted by Crippen LogP contribution is -2.30. The Hall–Kier alpha value is -0.0200. The van der Waals surface area contributed by atoms with Crippen LogP contribution in [0.15, 0.2) is 22.7 Å². The van der Waals surface area contributed by atoms with E-state index in [9.17, 15) is 0 Å². The third-order valence-electron chi connectivity index (χ3n) is 3.97. The van der Waals surface area contributed by atoms with E-state index in [4.69, 9.17) is 4.74 Å². The van der Waals surface area contributed by atoms with E-state index in [0.717, 1.165) is 22.2 Å². The van der Waals surface area contributed by atoms with Gasteiger partial charge in [-0.25, -0.2) is 0 Å². The Morgan fingerprint density at radius 1 is 1.14 bits per heavy atom. The van der Waals surface area contributed by atoms with Gasteiger partial charge in [0.1, 0.15) is 5.75 Å². The molecule has 1 aromatic rings. The number of alkyl halides is 1. The first-order chi connectivity index (χ1) is 9.98. The van der Waals surface area contributed by atoms with E-state index in [1.54, 1.807) is 0 Å². The lowest BCUT2D eigenvalue weighted by molar-refractivity contribution is 0.143. The average molecular weight is 420 g/mol. The van der Waals surface area contributed by atoms with Crippen LogP contribution in [0.5, 0.6) is 5.75 Å². The maximum atomic E-state index is 6.26. The zero-order valence-corrected chi connectivity index (χ0v) is 16.9. The molecule has 0 radical (unpaired) electrons. The van der Waals surface area contributed by atoms with Gasteiger partial charge in [0.05, 0.1) is 6.61 Å². The average Bonchev–Trinajstić information content (AvgIpc) is 2.46. The van der Waals surface area contributed by atoms with E-state index < -0.39 is 0 Å². The Bertz CT molecular complexity index is 423. The van der Waals surface area contributed by atoms with Gasteiger partial charge in [0.2, 0.25) is 0 Å². The van der Waals surface area contributed by atoms with Crippen LogP contribution in [0.3, 0.4) is 0 Å². The zero-order valence-electron chi connectivity index (χ0n) is 13.7. The normalized spacial score (nSPS) is 12.0. The van der Waals surface area contributed by atoms with E-state index >= 15 is 0 Å². The minimum atomic E-state index is 0.255. The van der Waals surface area contributed by atoms with E-state index in [-0.39, 0.29) is 5.41 Å². The van der Waals surface area contributed by atoms with Crippen LogP contribution >= 0.6 is 31.9 Å². The summed E-state index contributed by atoms with van der Waals surface area (Å²) >= 11 is 7.28. The van der Waals surface area contributed by atoms with Crippen LogP contribution in [0.4, 0.5) is 0 Å². The maximum Gasteiger partial charge on any atom is 0.122 e. The van der Waals surface area contributed by atoms with Crippen LogP contribution < -0.4 is 4.74 Å². The van der Waals surface area contributed by atoms with Gasteiger partial charge in [0, 0.05) is 15.2 Å². The standard InChI is InChI=1S/C18H28Br2O/c1-5-9-18(12-19,10-6-2)13-21-17-8-7-15(20)11-16(17)14(3)4/h7-8,11,14H,5-6,9-10,12-13H2,1-4H3. The molecule has 0 saturated heterocycles. The molecule has 0 aliphatic carbocycles. The van der Waals surface area contributed by atoms with Crippen molar-refractivity contribution >= 4 is 31.9 Å². The van der Waals surface area contributed by atoms with Gasteiger partial charge in [0.25, 0.3) is 0 Å². The van der Waals surface area contributed by atoms with Crippen molar-refractivity contribution in [1.29, 1.82) is 0 Å². The third-order valence-corrected chi connectivity index (χ3v) is 5.65. The molecule has 1 nitrogen and oxygen atoms in total. The molecule has 21 heavy (non-hydrogen) atoms. The fraction of sp³-hybridized carbons (Fsp3) is 0.667. The summed E-state index contributed by atoms with van der Waals surface area (Å²) in [5.41, 5.74) is 1.53. The van der Waals surface area contributed by atoms with Crippen LogP contribution in [0.2, 0.25) is 0 Å².